The van der Waals surface area contributed by atoms with Crippen molar-refractivity contribution in [3.63, 3.8) is 0 Å². The first kappa shape index (κ1) is 26.4. The van der Waals surface area contributed by atoms with Crippen LogP contribution in [0.4, 0.5) is 0 Å². The zero-order valence-electron chi connectivity index (χ0n) is 18.7. The van der Waals surface area contributed by atoms with Crippen LogP contribution in [0.2, 0.25) is 0 Å². The summed E-state index contributed by atoms with van der Waals surface area (Å²) in [5.74, 6) is 0.598. The third kappa shape index (κ3) is 7.33. The zero-order chi connectivity index (χ0) is 20.1. The third-order valence-electron chi connectivity index (χ3n) is 7.27. The molecule has 3 saturated heterocycles. The summed E-state index contributed by atoms with van der Waals surface area (Å²) in [6, 6.07) is 11.7. The minimum atomic E-state index is 0. The molecule has 0 aliphatic carbocycles. The Hall–Kier alpha value is -0.850. The van der Waals surface area contributed by atoms with Crippen LogP contribution in [0.5, 0.6) is 0 Å². The fraction of sp³-hybridized carbons (Fsp3) is 0.708. The molecule has 5 nitrogen and oxygen atoms in total. The van der Waals surface area contributed by atoms with E-state index in [-0.39, 0.29) is 36.8 Å². The zero-order valence-corrected chi connectivity index (χ0v) is 20.3. The van der Waals surface area contributed by atoms with E-state index in [1.165, 1.54) is 50.9 Å². The second-order valence-electron chi connectivity index (χ2n) is 9.31. The van der Waals surface area contributed by atoms with Crippen LogP contribution in [-0.4, -0.2) is 78.5 Å². The van der Waals surface area contributed by atoms with E-state index in [2.05, 4.69) is 40.1 Å². The summed E-state index contributed by atoms with van der Waals surface area (Å²) in [7, 11) is 0. The van der Waals surface area contributed by atoms with Gasteiger partial charge in [0.25, 0.3) is 0 Å². The minimum Gasteiger partial charge on any atom is -0.341 e. The summed E-state index contributed by atoms with van der Waals surface area (Å²) in [6.45, 7) is 7.48. The van der Waals surface area contributed by atoms with E-state index in [0.29, 0.717) is 5.91 Å². The van der Waals surface area contributed by atoms with Crippen LogP contribution in [-0.2, 0) is 11.2 Å². The molecule has 0 bridgehead atoms. The number of nitrogens with zero attached hydrogens (tertiary/aromatic N) is 3. The molecule has 0 spiro atoms. The molecule has 0 saturated carbocycles. The van der Waals surface area contributed by atoms with Gasteiger partial charge in [-0.3, -0.25) is 4.79 Å². The van der Waals surface area contributed by atoms with Crippen molar-refractivity contribution in [3.05, 3.63) is 35.9 Å². The van der Waals surface area contributed by atoms with Crippen LogP contribution in [0, 0.1) is 5.92 Å². The SMILES string of the molecule is Cl.Cl.N[C@H]1CCN(C(=O)C2CCN(C3CCN(CCCc4ccccc4)CC3)CC2)C1. The Labute approximate surface area is 200 Å². The van der Waals surface area contributed by atoms with Crippen molar-refractivity contribution >= 4 is 30.7 Å². The Balaban J connectivity index is 0.00000171. The maximum Gasteiger partial charge on any atom is 0.225 e. The fourth-order valence-corrected chi connectivity index (χ4v) is 5.42. The van der Waals surface area contributed by atoms with Crippen molar-refractivity contribution in [2.24, 2.45) is 11.7 Å². The lowest BCUT2D eigenvalue weighted by atomic mass is 9.92. The van der Waals surface area contributed by atoms with Crippen LogP contribution in [0.1, 0.15) is 44.1 Å². The van der Waals surface area contributed by atoms with Crippen LogP contribution in [0.15, 0.2) is 30.3 Å². The molecule has 176 valence electrons. The molecular weight excluding hydrogens is 431 g/mol. The van der Waals surface area contributed by atoms with E-state index in [4.69, 9.17) is 5.73 Å². The molecule has 1 aromatic carbocycles. The number of likely N-dealkylation sites (tertiary alicyclic amines) is 3. The highest BCUT2D eigenvalue weighted by Gasteiger charge is 2.34. The Morgan fingerprint density at radius 3 is 2.19 bits per heavy atom. The number of carbonyl (C=O) groups excluding carboxylic acids is 1. The van der Waals surface area contributed by atoms with E-state index in [1.807, 2.05) is 4.90 Å². The van der Waals surface area contributed by atoms with E-state index >= 15 is 0 Å². The van der Waals surface area contributed by atoms with Gasteiger partial charge in [0.2, 0.25) is 5.91 Å². The first-order valence-corrected chi connectivity index (χ1v) is 11.7. The van der Waals surface area contributed by atoms with Crippen molar-refractivity contribution < 1.29 is 4.79 Å². The highest BCUT2D eigenvalue weighted by atomic mass is 35.5. The minimum absolute atomic E-state index is 0. The maximum absolute atomic E-state index is 12.7. The van der Waals surface area contributed by atoms with Gasteiger partial charge in [0.1, 0.15) is 0 Å². The number of benzene rings is 1. The number of piperidine rings is 2. The van der Waals surface area contributed by atoms with Crippen molar-refractivity contribution in [3.8, 4) is 0 Å². The largest absolute Gasteiger partial charge is 0.341 e. The molecule has 1 atom stereocenters. The maximum atomic E-state index is 12.7. The molecule has 31 heavy (non-hydrogen) atoms. The van der Waals surface area contributed by atoms with Gasteiger partial charge in [0.05, 0.1) is 0 Å². The predicted molar refractivity (Wildman–Crippen MR) is 132 cm³/mol. The number of nitrogens with two attached hydrogens (primary N) is 1. The van der Waals surface area contributed by atoms with Gasteiger partial charge in [-0.1, -0.05) is 30.3 Å². The van der Waals surface area contributed by atoms with E-state index in [0.717, 1.165) is 51.5 Å². The Morgan fingerprint density at radius 2 is 1.58 bits per heavy atom. The molecule has 0 aromatic heterocycles. The van der Waals surface area contributed by atoms with Gasteiger partial charge in [0, 0.05) is 31.1 Å². The van der Waals surface area contributed by atoms with Crippen LogP contribution < -0.4 is 5.73 Å². The second kappa shape index (κ2) is 13.0. The Morgan fingerprint density at radius 1 is 0.903 bits per heavy atom. The number of rotatable bonds is 6. The lowest BCUT2D eigenvalue weighted by Crippen LogP contribution is -2.49. The molecule has 3 heterocycles. The van der Waals surface area contributed by atoms with Crippen molar-refractivity contribution in [2.75, 3.05) is 45.8 Å². The summed E-state index contributed by atoms with van der Waals surface area (Å²) in [5, 5.41) is 0. The molecule has 4 rings (SSSR count). The molecule has 3 aliphatic rings. The normalized spacial score (nSPS) is 23.9. The van der Waals surface area contributed by atoms with Crippen LogP contribution in [0.3, 0.4) is 0 Å². The summed E-state index contributed by atoms with van der Waals surface area (Å²) in [6.07, 6.45) is 8.03. The van der Waals surface area contributed by atoms with Crippen molar-refractivity contribution in [1.29, 1.82) is 0 Å². The van der Waals surface area contributed by atoms with Gasteiger partial charge in [-0.25, -0.2) is 0 Å². The van der Waals surface area contributed by atoms with Gasteiger partial charge in [0.15, 0.2) is 0 Å². The molecule has 1 aromatic rings. The quantitative estimate of drug-likeness (QED) is 0.693. The number of hydrogen-bond donors (Lipinski definition) is 1. The van der Waals surface area contributed by atoms with E-state index in [9.17, 15) is 4.79 Å². The average molecular weight is 472 g/mol. The van der Waals surface area contributed by atoms with Gasteiger partial charge in [-0.2, -0.15) is 0 Å². The Bertz CT molecular complexity index is 646. The molecule has 3 aliphatic heterocycles. The predicted octanol–water partition coefficient (Wildman–Crippen LogP) is 3.20. The molecule has 0 radical (unpaired) electrons. The molecule has 7 heteroatoms. The molecule has 3 fully saturated rings. The highest BCUT2D eigenvalue weighted by Crippen LogP contribution is 2.26. The first-order valence-electron chi connectivity index (χ1n) is 11.7. The van der Waals surface area contributed by atoms with Crippen LogP contribution >= 0.6 is 24.8 Å². The lowest BCUT2D eigenvalue weighted by Gasteiger charge is -2.42. The molecule has 1 amide bonds. The van der Waals surface area contributed by atoms with Gasteiger partial charge in [-0.05, 0) is 83.2 Å². The monoisotopic (exact) mass is 470 g/mol. The second-order valence-corrected chi connectivity index (χ2v) is 9.31. The number of amides is 1. The van der Waals surface area contributed by atoms with Gasteiger partial charge >= 0.3 is 0 Å². The third-order valence-corrected chi connectivity index (χ3v) is 7.27. The standard InChI is InChI=1S/C24H38N4O.2ClH/c25-22-10-18-28(19-22)24(29)21-8-16-27(17-9-21)23-11-14-26(15-12-23)13-4-7-20-5-2-1-3-6-20;;/h1-3,5-6,21-23H,4,7-19,25H2;2*1H/t22-;;/m0../s1. The Kier molecular flexibility index (Phi) is 11.1. The summed E-state index contributed by atoms with van der Waals surface area (Å²) in [5.41, 5.74) is 7.43. The summed E-state index contributed by atoms with van der Waals surface area (Å²) >= 11 is 0. The molecule has 0 unspecified atom stereocenters. The number of halogens is 2. The number of aryl methyl sites for hydroxylation is 1. The average Bonchev–Trinajstić information content (AvgIpc) is 3.21. The fourth-order valence-electron chi connectivity index (χ4n) is 5.42. The van der Waals surface area contributed by atoms with Crippen molar-refractivity contribution in [1.82, 2.24) is 14.7 Å². The summed E-state index contributed by atoms with van der Waals surface area (Å²) in [4.78, 5) is 20.0. The smallest absolute Gasteiger partial charge is 0.225 e. The van der Waals surface area contributed by atoms with E-state index < -0.39 is 0 Å². The highest BCUT2D eigenvalue weighted by molar-refractivity contribution is 5.85. The van der Waals surface area contributed by atoms with Crippen LogP contribution in [0.25, 0.3) is 0 Å². The topological polar surface area (TPSA) is 52.8 Å². The first-order chi connectivity index (χ1) is 14.2. The molecular formula is C24H40Cl2N4O. The number of hydrogen-bond acceptors (Lipinski definition) is 4. The summed E-state index contributed by atoms with van der Waals surface area (Å²) < 4.78 is 0. The lowest BCUT2D eigenvalue weighted by molar-refractivity contribution is -0.136. The van der Waals surface area contributed by atoms with Crippen molar-refractivity contribution in [2.45, 2.75) is 57.0 Å². The molecule has 2 N–H and O–H groups in total. The van der Waals surface area contributed by atoms with E-state index in [1.54, 1.807) is 0 Å². The number of carbonyl (C=O) groups is 1. The van der Waals surface area contributed by atoms with Gasteiger partial charge in [-0.15, -0.1) is 24.8 Å². The van der Waals surface area contributed by atoms with Gasteiger partial charge < -0.3 is 20.4 Å².